The van der Waals surface area contributed by atoms with Crippen LogP contribution < -0.4 is 5.73 Å². The van der Waals surface area contributed by atoms with Crippen LogP contribution in [0.1, 0.15) is 51.7 Å². The quantitative estimate of drug-likeness (QED) is 0.294. The van der Waals surface area contributed by atoms with E-state index in [1.54, 1.807) is 0 Å². The number of hydrogen-bond donors (Lipinski definition) is 2. The summed E-state index contributed by atoms with van der Waals surface area (Å²) in [4.78, 5) is 23.5. The first-order valence-corrected chi connectivity index (χ1v) is 9.55. The molecule has 9 nitrogen and oxygen atoms in total. The summed E-state index contributed by atoms with van der Waals surface area (Å²) in [6, 6.07) is 0. The number of nitrogen functional groups attached to an aromatic ring is 1. The van der Waals surface area contributed by atoms with Crippen molar-refractivity contribution < 1.29 is 23.8 Å². The summed E-state index contributed by atoms with van der Waals surface area (Å²) in [5.41, 5.74) is 4.50. The molecular formula is C19H24FN5O4. The lowest BCUT2D eigenvalue weighted by molar-refractivity contribution is -0.158. The summed E-state index contributed by atoms with van der Waals surface area (Å²) >= 11 is 0. The molecule has 10 heteroatoms. The zero-order valence-corrected chi connectivity index (χ0v) is 16.2. The molecule has 1 saturated heterocycles. The smallest absolute Gasteiger partial charge is 0.312 e. The number of halogens is 1. The molecule has 0 bridgehead atoms. The van der Waals surface area contributed by atoms with Gasteiger partial charge in [-0.2, -0.15) is 14.4 Å². The van der Waals surface area contributed by atoms with Crippen LogP contribution in [0.3, 0.4) is 0 Å². The van der Waals surface area contributed by atoms with Gasteiger partial charge in [0.15, 0.2) is 22.6 Å². The molecule has 0 radical (unpaired) electrons. The van der Waals surface area contributed by atoms with Crippen molar-refractivity contribution >= 4 is 23.0 Å². The number of nitrogens with zero attached hydrogens (tertiary/aromatic N) is 4. The number of carbonyl (C=O) groups is 1. The third kappa shape index (κ3) is 4.16. The van der Waals surface area contributed by atoms with E-state index in [2.05, 4.69) is 27.8 Å². The highest BCUT2D eigenvalue weighted by Gasteiger charge is 2.51. The summed E-state index contributed by atoms with van der Waals surface area (Å²) in [6.07, 6.45) is 8.47. The van der Waals surface area contributed by atoms with Crippen LogP contribution in [0.2, 0.25) is 0 Å². The molecule has 0 aliphatic carbocycles. The Balaban J connectivity index is 1.80. The number of aliphatic hydroxyl groups is 1. The second-order valence-corrected chi connectivity index (χ2v) is 6.99. The van der Waals surface area contributed by atoms with Gasteiger partial charge in [0.2, 0.25) is 0 Å². The Labute approximate surface area is 167 Å². The van der Waals surface area contributed by atoms with Gasteiger partial charge < -0.3 is 20.3 Å². The van der Waals surface area contributed by atoms with E-state index in [0.29, 0.717) is 6.42 Å². The molecule has 29 heavy (non-hydrogen) atoms. The predicted molar refractivity (Wildman–Crippen MR) is 102 cm³/mol. The molecule has 0 aromatic carbocycles. The second-order valence-electron chi connectivity index (χ2n) is 6.99. The SMILES string of the molecule is C#C[C@]1(CO)O[C@@H](n2cnc3c(N)nc(F)nc32)C[C@H]1OC(=O)CCCCCC. The van der Waals surface area contributed by atoms with Crippen molar-refractivity contribution in [1.29, 1.82) is 0 Å². The molecule has 3 N–H and O–H groups in total. The molecular weight excluding hydrogens is 381 g/mol. The molecule has 1 fully saturated rings. The highest BCUT2D eigenvalue weighted by Crippen LogP contribution is 2.39. The molecule has 2 aromatic heterocycles. The maximum atomic E-state index is 13.6. The van der Waals surface area contributed by atoms with Gasteiger partial charge in [-0.1, -0.05) is 32.1 Å². The fourth-order valence-electron chi connectivity index (χ4n) is 3.40. The average molecular weight is 405 g/mol. The van der Waals surface area contributed by atoms with Crippen molar-refractivity contribution in [3.05, 3.63) is 12.4 Å². The van der Waals surface area contributed by atoms with E-state index >= 15 is 0 Å². The highest BCUT2D eigenvalue weighted by molar-refractivity contribution is 5.81. The number of ether oxygens (including phenoxy) is 2. The molecule has 0 unspecified atom stereocenters. The van der Waals surface area contributed by atoms with E-state index in [4.69, 9.17) is 21.6 Å². The van der Waals surface area contributed by atoms with Gasteiger partial charge in [-0.05, 0) is 6.42 Å². The van der Waals surface area contributed by atoms with Gasteiger partial charge in [-0.15, -0.1) is 6.42 Å². The number of nitrogens with two attached hydrogens (primary N) is 1. The second kappa shape index (κ2) is 8.71. The van der Waals surface area contributed by atoms with Crippen molar-refractivity contribution in [2.75, 3.05) is 12.3 Å². The van der Waals surface area contributed by atoms with E-state index < -0.39 is 36.6 Å². The molecule has 3 atom stereocenters. The van der Waals surface area contributed by atoms with Crippen LogP contribution in [0.15, 0.2) is 6.33 Å². The Morgan fingerprint density at radius 1 is 1.52 bits per heavy atom. The monoisotopic (exact) mass is 405 g/mol. The van der Waals surface area contributed by atoms with Crippen LogP contribution in [0, 0.1) is 18.4 Å². The van der Waals surface area contributed by atoms with Crippen LogP contribution in [-0.2, 0) is 14.3 Å². The third-order valence-electron chi connectivity index (χ3n) is 5.00. The standard InChI is InChI=1S/C19H24FN5O4/c1-3-5-6-7-8-14(27)28-12-9-13(29-19(12,4-2)10-26)25-11-22-15-16(21)23-18(20)24-17(15)25/h2,11-13,26H,3,5-10H2,1H3,(H2,21,23,24)/t12-,13-,19-/m1/s1. The van der Waals surface area contributed by atoms with Crippen LogP contribution in [0.4, 0.5) is 10.2 Å². The van der Waals surface area contributed by atoms with Gasteiger partial charge in [-0.25, -0.2) is 4.98 Å². The summed E-state index contributed by atoms with van der Waals surface area (Å²) in [5.74, 6) is 1.89. The topological polar surface area (TPSA) is 125 Å². The molecule has 3 rings (SSSR count). The number of unbranched alkanes of at least 4 members (excludes halogenated alkanes) is 3. The number of hydrogen-bond acceptors (Lipinski definition) is 8. The number of terminal acetylenes is 1. The minimum Gasteiger partial charge on any atom is -0.458 e. The molecule has 0 amide bonds. The Hall–Kier alpha value is -2.77. The molecule has 0 saturated carbocycles. The van der Waals surface area contributed by atoms with E-state index in [-0.39, 0.29) is 29.8 Å². The maximum Gasteiger partial charge on any atom is 0.312 e. The number of carbonyl (C=O) groups excluding carboxylic acids is 1. The van der Waals surface area contributed by atoms with Crippen LogP contribution in [0.5, 0.6) is 0 Å². The largest absolute Gasteiger partial charge is 0.458 e. The lowest BCUT2D eigenvalue weighted by Gasteiger charge is -2.26. The number of rotatable bonds is 8. The highest BCUT2D eigenvalue weighted by atomic mass is 19.1. The molecule has 1 aliphatic rings. The Morgan fingerprint density at radius 3 is 3.00 bits per heavy atom. The minimum absolute atomic E-state index is 0.107. The Morgan fingerprint density at radius 2 is 2.31 bits per heavy atom. The van der Waals surface area contributed by atoms with Crippen LogP contribution in [-0.4, -0.2) is 48.9 Å². The lowest BCUT2D eigenvalue weighted by Crippen LogP contribution is -2.44. The van der Waals surface area contributed by atoms with Gasteiger partial charge in [0, 0.05) is 12.8 Å². The number of aliphatic hydroxyl groups excluding tert-OH is 1. The van der Waals surface area contributed by atoms with Crippen molar-refractivity contribution in [1.82, 2.24) is 19.5 Å². The predicted octanol–water partition coefficient (Wildman–Crippen LogP) is 1.71. The normalized spacial score (nSPS) is 23.9. The minimum atomic E-state index is -1.52. The molecule has 3 heterocycles. The Bertz CT molecular complexity index is 927. The van der Waals surface area contributed by atoms with E-state index in [9.17, 15) is 14.3 Å². The number of anilines is 1. The van der Waals surface area contributed by atoms with Crippen molar-refractivity contribution in [2.24, 2.45) is 0 Å². The van der Waals surface area contributed by atoms with Gasteiger partial charge >= 0.3 is 12.0 Å². The van der Waals surface area contributed by atoms with E-state index in [0.717, 1.165) is 19.3 Å². The first-order chi connectivity index (χ1) is 13.9. The van der Waals surface area contributed by atoms with Crippen molar-refractivity contribution in [3.63, 3.8) is 0 Å². The van der Waals surface area contributed by atoms with Gasteiger partial charge in [0.1, 0.15) is 12.3 Å². The first-order valence-electron chi connectivity index (χ1n) is 9.55. The summed E-state index contributed by atoms with van der Waals surface area (Å²) < 4.78 is 26.5. The molecule has 2 aromatic rings. The van der Waals surface area contributed by atoms with E-state index in [1.807, 2.05) is 0 Å². The zero-order valence-electron chi connectivity index (χ0n) is 16.2. The zero-order chi connectivity index (χ0) is 21.0. The van der Waals surface area contributed by atoms with Crippen molar-refractivity contribution in [3.8, 4) is 12.3 Å². The fourth-order valence-corrected chi connectivity index (χ4v) is 3.40. The van der Waals surface area contributed by atoms with Crippen LogP contribution >= 0.6 is 0 Å². The number of imidazole rings is 1. The lowest BCUT2D eigenvalue weighted by atomic mass is 9.98. The Kier molecular flexibility index (Phi) is 6.30. The van der Waals surface area contributed by atoms with Crippen LogP contribution in [0.25, 0.3) is 11.2 Å². The first kappa shape index (κ1) is 21.0. The number of esters is 1. The molecule has 0 spiro atoms. The average Bonchev–Trinajstić information content (AvgIpc) is 3.27. The maximum absolute atomic E-state index is 13.6. The number of aromatic nitrogens is 4. The third-order valence-corrected chi connectivity index (χ3v) is 5.00. The van der Waals surface area contributed by atoms with E-state index in [1.165, 1.54) is 10.9 Å². The van der Waals surface area contributed by atoms with Gasteiger partial charge in [0.25, 0.3) is 0 Å². The molecule has 1 aliphatic heterocycles. The summed E-state index contributed by atoms with van der Waals surface area (Å²) in [5, 5.41) is 9.87. The fraction of sp³-hybridized carbons (Fsp3) is 0.579. The molecule has 156 valence electrons. The van der Waals surface area contributed by atoms with Gasteiger partial charge in [-0.3, -0.25) is 9.36 Å². The summed E-state index contributed by atoms with van der Waals surface area (Å²) in [7, 11) is 0. The number of fused-ring (bicyclic) bond motifs is 1. The van der Waals surface area contributed by atoms with Gasteiger partial charge in [0.05, 0.1) is 12.9 Å². The van der Waals surface area contributed by atoms with Crippen molar-refractivity contribution in [2.45, 2.75) is 63.4 Å². The summed E-state index contributed by atoms with van der Waals surface area (Å²) in [6.45, 7) is 1.53.